The minimum Gasteiger partial charge on any atom is -0.370 e. The smallest absolute Gasteiger partial charge is 0.134 e. The van der Waals surface area contributed by atoms with E-state index < -0.39 is 0 Å². The minimum atomic E-state index is 0.211. The highest BCUT2D eigenvalue weighted by atomic mass is 15.2. The third-order valence-corrected chi connectivity index (χ3v) is 2.60. The van der Waals surface area contributed by atoms with Gasteiger partial charge in [-0.15, -0.1) is 0 Å². The SMILES string of the molecule is CCN(C)c1cc(NCCC(C)N)nc(C)n1. The third kappa shape index (κ3) is 4.56. The largest absolute Gasteiger partial charge is 0.370 e. The van der Waals surface area contributed by atoms with Crippen molar-refractivity contribution in [2.75, 3.05) is 30.4 Å². The van der Waals surface area contributed by atoms with Crippen LogP contribution in [-0.2, 0) is 0 Å². The highest BCUT2D eigenvalue weighted by molar-refractivity contribution is 5.48. The van der Waals surface area contributed by atoms with Crippen LogP contribution in [0.5, 0.6) is 0 Å². The Kier molecular flexibility index (Phi) is 5.15. The fourth-order valence-corrected chi connectivity index (χ4v) is 1.43. The molecule has 1 atom stereocenters. The highest BCUT2D eigenvalue weighted by Crippen LogP contribution is 2.14. The minimum absolute atomic E-state index is 0.211. The van der Waals surface area contributed by atoms with E-state index in [0.29, 0.717) is 0 Å². The summed E-state index contributed by atoms with van der Waals surface area (Å²) in [4.78, 5) is 10.8. The van der Waals surface area contributed by atoms with Gasteiger partial charge in [-0.25, -0.2) is 9.97 Å². The molecular weight excluding hydrogens is 214 g/mol. The lowest BCUT2D eigenvalue weighted by Gasteiger charge is -2.17. The first-order chi connectivity index (χ1) is 8.02. The van der Waals surface area contributed by atoms with E-state index in [9.17, 15) is 0 Å². The molecule has 0 fully saturated rings. The van der Waals surface area contributed by atoms with Crippen molar-refractivity contribution >= 4 is 11.6 Å². The predicted octanol–water partition coefficient (Wildman–Crippen LogP) is 1.39. The van der Waals surface area contributed by atoms with Crippen LogP contribution in [0, 0.1) is 6.92 Å². The number of hydrogen-bond donors (Lipinski definition) is 2. The van der Waals surface area contributed by atoms with Gasteiger partial charge in [0, 0.05) is 32.2 Å². The number of aromatic nitrogens is 2. The van der Waals surface area contributed by atoms with Gasteiger partial charge in [0.1, 0.15) is 17.5 Å². The van der Waals surface area contributed by atoms with Crippen LogP contribution in [0.2, 0.25) is 0 Å². The average Bonchev–Trinajstić information content (AvgIpc) is 2.26. The van der Waals surface area contributed by atoms with Crippen molar-refractivity contribution in [2.24, 2.45) is 5.73 Å². The first-order valence-electron chi connectivity index (χ1n) is 6.09. The second-order valence-corrected chi connectivity index (χ2v) is 4.37. The lowest BCUT2D eigenvalue weighted by Crippen LogP contribution is -2.21. The Labute approximate surface area is 103 Å². The van der Waals surface area contributed by atoms with Crippen LogP contribution < -0.4 is 16.0 Å². The van der Waals surface area contributed by atoms with Gasteiger partial charge < -0.3 is 16.0 Å². The van der Waals surface area contributed by atoms with Crippen molar-refractivity contribution in [3.63, 3.8) is 0 Å². The molecule has 1 aromatic heterocycles. The molecule has 0 spiro atoms. The second kappa shape index (κ2) is 6.39. The Morgan fingerprint density at radius 1 is 1.47 bits per heavy atom. The molecule has 1 heterocycles. The van der Waals surface area contributed by atoms with Crippen molar-refractivity contribution in [2.45, 2.75) is 33.2 Å². The molecule has 0 aliphatic rings. The molecule has 0 saturated carbocycles. The fraction of sp³-hybridized carbons (Fsp3) is 0.667. The van der Waals surface area contributed by atoms with Gasteiger partial charge in [-0.3, -0.25) is 0 Å². The van der Waals surface area contributed by atoms with Crippen LogP contribution in [0.4, 0.5) is 11.6 Å². The summed E-state index contributed by atoms with van der Waals surface area (Å²) in [5, 5.41) is 3.28. The van der Waals surface area contributed by atoms with Crippen molar-refractivity contribution in [1.82, 2.24) is 9.97 Å². The molecule has 0 aromatic carbocycles. The standard InChI is InChI=1S/C12H23N5/c1-5-17(4)12-8-11(15-10(3)16-12)14-7-6-9(2)13/h8-9H,5-7,13H2,1-4H3,(H,14,15,16). The van der Waals surface area contributed by atoms with Gasteiger partial charge in [0.25, 0.3) is 0 Å². The van der Waals surface area contributed by atoms with Crippen LogP contribution in [-0.4, -0.2) is 36.1 Å². The van der Waals surface area contributed by atoms with E-state index in [1.54, 1.807) is 0 Å². The van der Waals surface area contributed by atoms with Gasteiger partial charge in [-0.2, -0.15) is 0 Å². The Morgan fingerprint density at radius 3 is 2.76 bits per heavy atom. The summed E-state index contributed by atoms with van der Waals surface area (Å²) >= 11 is 0. The van der Waals surface area contributed by atoms with Gasteiger partial charge >= 0.3 is 0 Å². The average molecular weight is 237 g/mol. The van der Waals surface area contributed by atoms with Crippen LogP contribution >= 0.6 is 0 Å². The van der Waals surface area contributed by atoms with Gasteiger partial charge in [0.05, 0.1) is 0 Å². The molecule has 5 nitrogen and oxygen atoms in total. The summed E-state index contributed by atoms with van der Waals surface area (Å²) in [6.07, 6.45) is 0.933. The molecule has 5 heteroatoms. The van der Waals surface area contributed by atoms with Crippen LogP contribution in [0.3, 0.4) is 0 Å². The Hall–Kier alpha value is -1.36. The molecule has 3 N–H and O–H groups in total. The van der Waals surface area contributed by atoms with E-state index >= 15 is 0 Å². The number of nitrogens with one attached hydrogen (secondary N) is 1. The number of aryl methyl sites for hydroxylation is 1. The predicted molar refractivity (Wildman–Crippen MR) is 72.5 cm³/mol. The monoisotopic (exact) mass is 237 g/mol. The Morgan fingerprint density at radius 2 is 2.18 bits per heavy atom. The van der Waals surface area contributed by atoms with Gasteiger partial charge in [0.2, 0.25) is 0 Å². The van der Waals surface area contributed by atoms with Crippen LogP contribution in [0.1, 0.15) is 26.1 Å². The molecule has 1 aromatic rings. The van der Waals surface area contributed by atoms with Gasteiger partial charge in [-0.05, 0) is 27.2 Å². The third-order valence-electron chi connectivity index (χ3n) is 2.60. The zero-order valence-electron chi connectivity index (χ0n) is 11.2. The van der Waals surface area contributed by atoms with Crippen LogP contribution in [0.25, 0.3) is 0 Å². The van der Waals surface area contributed by atoms with E-state index in [4.69, 9.17) is 5.73 Å². The quantitative estimate of drug-likeness (QED) is 0.782. The molecule has 0 aliphatic heterocycles. The molecular formula is C12H23N5. The summed E-state index contributed by atoms with van der Waals surface area (Å²) in [7, 11) is 2.02. The van der Waals surface area contributed by atoms with E-state index in [1.165, 1.54) is 0 Å². The topological polar surface area (TPSA) is 67.1 Å². The Balaban J connectivity index is 2.69. The summed E-state index contributed by atoms with van der Waals surface area (Å²) < 4.78 is 0. The van der Waals surface area contributed by atoms with E-state index in [1.807, 2.05) is 27.0 Å². The molecule has 0 amide bonds. The molecule has 1 unspecified atom stereocenters. The molecule has 0 bridgehead atoms. The van der Waals surface area contributed by atoms with Crippen molar-refractivity contribution in [3.8, 4) is 0 Å². The normalized spacial score (nSPS) is 12.3. The molecule has 0 aliphatic carbocycles. The Bertz CT molecular complexity index is 351. The number of hydrogen-bond acceptors (Lipinski definition) is 5. The maximum absolute atomic E-state index is 5.71. The van der Waals surface area contributed by atoms with E-state index in [-0.39, 0.29) is 6.04 Å². The molecule has 0 saturated heterocycles. The van der Waals surface area contributed by atoms with Crippen molar-refractivity contribution in [3.05, 3.63) is 11.9 Å². The molecule has 1 rings (SSSR count). The van der Waals surface area contributed by atoms with Gasteiger partial charge in [-0.1, -0.05) is 0 Å². The summed E-state index contributed by atoms with van der Waals surface area (Å²) in [5.74, 6) is 2.60. The first-order valence-corrected chi connectivity index (χ1v) is 6.09. The zero-order valence-corrected chi connectivity index (χ0v) is 11.2. The van der Waals surface area contributed by atoms with E-state index in [2.05, 4.69) is 27.1 Å². The molecule has 96 valence electrons. The van der Waals surface area contributed by atoms with Crippen molar-refractivity contribution in [1.29, 1.82) is 0 Å². The summed E-state index contributed by atoms with van der Waals surface area (Å²) in [5.41, 5.74) is 5.71. The number of rotatable bonds is 6. The fourth-order valence-electron chi connectivity index (χ4n) is 1.43. The number of nitrogens with two attached hydrogens (primary N) is 1. The van der Waals surface area contributed by atoms with Crippen LogP contribution in [0.15, 0.2) is 6.07 Å². The zero-order chi connectivity index (χ0) is 12.8. The lowest BCUT2D eigenvalue weighted by atomic mass is 10.2. The summed E-state index contributed by atoms with van der Waals surface area (Å²) in [6.45, 7) is 7.77. The summed E-state index contributed by atoms with van der Waals surface area (Å²) in [6, 6.07) is 2.18. The second-order valence-electron chi connectivity index (χ2n) is 4.37. The first kappa shape index (κ1) is 13.7. The van der Waals surface area contributed by atoms with Gasteiger partial charge in [0.15, 0.2) is 0 Å². The van der Waals surface area contributed by atoms with E-state index in [0.717, 1.165) is 37.0 Å². The lowest BCUT2D eigenvalue weighted by molar-refractivity contribution is 0.689. The molecule has 0 radical (unpaired) electrons. The maximum atomic E-state index is 5.71. The highest BCUT2D eigenvalue weighted by Gasteiger charge is 2.05. The molecule has 17 heavy (non-hydrogen) atoms. The van der Waals surface area contributed by atoms with Crippen molar-refractivity contribution < 1.29 is 0 Å². The number of anilines is 2. The maximum Gasteiger partial charge on any atom is 0.134 e. The number of nitrogens with zero attached hydrogens (tertiary/aromatic N) is 3.